The van der Waals surface area contributed by atoms with E-state index in [9.17, 15) is 0 Å². The van der Waals surface area contributed by atoms with Crippen molar-refractivity contribution < 1.29 is 0 Å². The normalized spacial score (nSPS) is 15.1. The third kappa shape index (κ3) is 7.45. The summed E-state index contributed by atoms with van der Waals surface area (Å²) in [4.78, 5) is 8.10. The van der Waals surface area contributed by atoms with E-state index < -0.39 is 0 Å². The average Bonchev–Trinajstić information content (AvgIpc) is 1.97. The molecule has 0 rings (SSSR count). The van der Waals surface area contributed by atoms with Gasteiger partial charge in [-0.25, -0.2) is 4.99 Å². The third-order valence-corrected chi connectivity index (χ3v) is 1.59. The summed E-state index contributed by atoms with van der Waals surface area (Å²) < 4.78 is 0. The first-order valence-corrected chi connectivity index (χ1v) is 4.62. The molecule has 2 nitrogen and oxygen atoms in total. The summed E-state index contributed by atoms with van der Waals surface area (Å²) in [6, 6.07) is 0. The van der Waals surface area contributed by atoms with E-state index in [1.165, 1.54) is 6.42 Å². The van der Waals surface area contributed by atoms with Gasteiger partial charge in [0.15, 0.2) is 0 Å². The molecule has 0 aliphatic rings. The number of hydrogen-bond donors (Lipinski definition) is 0. The first-order valence-electron chi connectivity index (χ1n) is 4.62. The Labute approximate surface area is 75.8 Å². The first kappa shape index (κ1) is 11.3. The van der Waals surface area contributed by atoms with Crippen LogP contribution in [0.15, 0.2) is 9.98 Å². The topological polar surface area (TPSA) is 24.7 Å². The average molecular weight is 168 g/mol. The van der Waals surface area contributed by atoms with Gasteiger partial charge < -0.3 is 0 Å². The van der Waals surface area contributed by atoms with E-state index in [2.05, 4.69) is 30.8 Å². The van der Waals surface area contributed by atoms with Gasteiger partial charge in [0, 0.05) is 12.8 Å². The molecule has 0 aromatic rings. The zero-order chi connectivity index (χ0) is 9.40. The van der Waals surface area contributed by atoms with Gasteiger partial charge in [0.2, 0.25) is 0 Å². The van der Waals surface area contributed by atoms with Crippen LogP contribution in [-0.4, -0.2) is 19.1 Å². The van der Waals surface area contributed by atoms with Gasteiger partial charge in [0.25, 0.3) is 0 Å². The van der Waals surface area contributed by atoms with Gasteiger partial charge in [-0.3, -0.25) is 4.99 Å². The number of rotatable bonds is 5. The summed E-state index contributed by atoms with van der Waals surface area (Å²) in [5.41, 5.74) is 0. The van der Waals surface area contributed by atoms with E-state index in [0.29, 0.717) is 5.92 Å². The first-order chi connectivity index (χ1) is 5.66. The van der Waals surface area contributed by atoms with E-state index in [-0.39, 0.29) is 0 Å². The van der Waals surface area contributed by atoms with E-state index in [4.69, 9.17) is 0 Å². The SMILES string of the molecule is CC=NC=NCC(C)CC(C)C. The van der Waals surface area contributed by atoms with Crippen LogP contribution >= 0.6 is 0 Å². The molecule has 70 valence electrons. The highest BCUT2D eigenvalue weighted by atomic mass is 14.8. The summed E-state index contributed by atoms with van der Waals surface area (Å²) in [5, 5.41) is 0. The minimum Gasteiger partial charge on any atom is -0.273 e. The van der Waals surface area contributed by atoms with Gasteiger partial charge in [-0.15, -0.1) is 0 Å². The van der Waals surface area contributed by atoms with Crippen LogP contribution in [0.25, 0.3) is 0 Å². The minimum atomic E-state index is 0.674. The number of aliphatic imine (C=N–C) groups is 2. The highest BCUT2D eigenvalue weighted by Gasteiger charge is 2.02. The molecule has 0 radical (unpaired) electrons. The second-order valence-electron chi connectivity index (χ2n) is 3.62. The summed E-state index contributed by atoms with van der Waals surface area (Å²) in [5.74, 6) is 1.44. The van der Waals surface area contributed by atoms with Gasteiger partial charge >= 0.3 is 0 Å². The van der Waals surface area contributed by atoms with Crippen molar-refractivity contribution in [3.8, 4) is 0 Å². The maximum atomic E-state index is 4.19. The van der Waals surface area contributed by atoms with Crippen molar-refractivity contribution in [1.29, 1.82) is 0 Å². The summed E-state index contributed by atoms with van der Waals surface area (Å²) in [6.45, 7) is 9.50. The molecule has 0 spiro atoms. The Hall–Kier alpha value is -0.660. The lowest BCUT2D eigenvalue weighted by atomic mass is 9.99. The molecule has 0 aromatic carbocycles. The molecule has 0 bridgehead atoms. The van der Waals surface area contributed by atoms with Crippen molar-refractivity contribution in [2.24, 2.45) is 21.8 Å². The van der Waals surface area contributed by atoms with Crippen LogP contribution in [0.2, 0.25) is 0 Å². The van der Waals surface area contributed by atoms with Gasteiger partial charge in [-0.2, -0.15) is 0 Å². The summed E-state index contributed by atoms with van der Waals surface area (Å²) in [6.07, 6.45) is 4.63. The molecule has 2 heteroatoms. The molecule has 0 amide bonds. The van der Waals surface area contributed by atoms with E-state index >= 15 is 0 Å². The molecule has 0 saturated carbocycles. The zero-order valence-corrected chi connectivity index (χ0v) is 8.62. The lowest BCUT2D eigenvalue weighted by molar-refractivity contribution is 0.448. The largest absolute Gasteiger partial charge is 0.273 e. The van der Waals surface area contributed by atoms with Crippen molar-refractivity contribution in [2.45, 2.75) is 34.1 Å². The fourth-order valence-corrected chi connectivity index (χ4v) is 1.22. The van der Waals surface area contributed by atoms with Crippen LogP contribution in [0.4, 0.5) is 0 Å². The predicted molar refractivity (Wildman–Crippen MR) is 56.1 cm³/mol. The van der Waals surface area contributed by atoms with Crippen LogP contribution in [0.3, 0.4) is 0 Å². The van der Waals surface area contributed by atoms with Crippen molar-refractivity contribution in [3.05, 3.63) is 0 Å². The molecule has 12 heavy (non-hydrogen) atoms. The molecule has 0 saturated heterocycles. The molecule has 0 heterocycles. The van der Waals surface area contributed by atoms with Crippen LogP contribution in [-0.2, 0) is 0 Å². The van der Waals surface area contributed by atoms with Crippen molar-refractivity contribution in [2.75, 3.05) is 6.54 Å². The van der Waals surface area contributed by atoms with Crippen LogP contribution in [0.5, 0.6) is 0 Å². The Morgan fingerprint density at radius 2 is 1.92 bits per heavy atom. The molecule has 0 aliphatic heterocycles. The van der Waals surface area contributed by atoms with Crippen molar-refractivity contribution >= 4 is 12.6 Å². The van der Waals surface area contributed by atoms with Gasteiger partial charge in [0.1, 0.15) is 6.34 Å². The van der Waals surface area contributed by atoms with E-state index in [0.717, 1.165) is 12.5 Å². The molecule has 0 N–H and O–H groups in total. The molecule has 0 fully saturated rings. The molecule has 1 atom stereocenters. The van der Waals surface area contributed by atoms with Crippen LogP contribution in [0.1, 0.15) is 34.1 Å². The lowest BCUT2D eigenvalue weighted by Gasteiger charge is -2.09. The molecule has 0 aromatic heterocycles. The second kappa shape index (κ2) is 7.01. The minimum absolute atomic E-state index is 0.674. The molecular formula is C10H20N2. The van der Waals surface area contributed by atoms with Crippen LogP contribution < -0.4 is 0 Å². The Bertz CT molecular complexity index is 148. The summed E-state index contributed by atoms with van der Waals surface area (Å²) in [7, 11) is 0. The van der Waals surface area contributed by atoms with E-state index in [1.54, 1.807) is 12.6 Å². The Kier molecular flexibility index (Phi) is 6.63. The van der Waals surface area contributed by atoms with Gasteiger partial charge in [-0.1, -0.05) is 20.8 Å². The van der Waals surface area contributed by atoms with Crippen molar-refractivity contribution in [3.63, 3.8) is 0 Å². The highest BCUT2D eigenvalue weighted by molar-refractivity contribution is 5.70. The lowest BCUT2D eigenvalue weighted by Crippen LogP contribution is -2.03. The maximum Gasteiger partial charge on any atom is 0.109 e. The summed E-state index contributed by atoms with van der Waals surface area (Å²) >= 11 is 0. The molecule has 0 aliphatic carbocycles. The van der Waals surface area contributed by atoms with Gasteiger partial charge in [-0.05, 0) is 25.2 Å². The van der Waals surface area contributed by atoms with Gasteiger partial charge in [0.05, 0.1) is 0 Å². The fourth-order valence-electron chi connectivity index (χ4n) is 1.22. The smallest absolute Gasteiger partial charge is 0.109 e. The Morgan fingerprint density at radius 3 is 2.42 bits per heavy atom. The highest BCUT2D eigenvalue weighted by Crippen LogP contribution is 2.10. The standard InChI is InChI=1S/C10H20N2/c1-5-11-8-12-7-10(4)6-9(2)3/h5,8-10H,6-7H2,1-4H3. The third-order valence-electron chi connectivity index (χ3n) is 1.59. The second-order valence-corrected chi connectivity index (χ2v) is 3.62. The molecule has 1 unspecified atom stereocenters. The molecular weight excluding hydrogens is 148 g/mol. The predicted octanol–water partition coefficient (Wildman–Crippen LogP) is 2.79. The van der Waals surface area contributed by atoms with E-state index in [1.807, 2.05) is 6.92 Å². The number of nitrogens with zero attached hydrogens (tertiary/aromatic N) is 2. The monoisotopic (exact) mass is 168 g/mol. The Morgan fingerprint density at radius 1 is 1.25 bits per heavy atom. The van der Waals surface area contributed by atoms with Crippen LogP contribution in [0, 0.1) is 11.8 Å². The maximum absolute atomic E-state index is 4.19. The quantitative estimate of drug-likeness (QED) is 0.445. The zero-order valence-electron chi connectivity index (χ0n) is 8.62. The number of hydrogen-bond acceptors (Lipinski definition) is 1. The Balaban J connectivity index is 3.49. The fraction of sp³-hybridized carbons (Fsp3) is 0.800. The van der Waals surface area contributed by atoms with Crippen molar-refractivity contribution in [1.82, 2.24) is 0 Å².